The van der Waals surface area contributed by atoms with E-state index in [-0.39, 0.29) is 42.7 Å². The summed E-state index contributed by atoms with van der Waals surface area (Å²) in [6, 6.07) is -0.731. The molecule has 0 saturated carbocycles. The fraction of sp³-hybridized carbons (Fsp3) is 0.776. The van der Waals surface area contributed by atoms with Crippen molar-refractivity contribution in [3.05, 3.63) is 60.8 Å². The minimum absolute atomic E-state index is 0.0347. The molecule has 0 aromatic heterocycles. The lowest BCUT2D eigenvalue weighted by atomic mass is 10.1. The number of nitrogens with zero attached hydrogens (tertiary/aromatic N) is 1. The molecule has 8 heteroatoms. The molecule has 66 heavy (non-hydrogen) atoms. The van der Waals surface area contributed by atoms with Crippen LogP contribution in [0, 0.1) is 0 Å². The molecule has 0 aliphatic heterocycles. The van der Waals surface area contributed by atoms with E-state index >= 15 is 0 Å². The summed E-state index contributed by atoms with van der Waals surface area (Å²) in [4.78, 5) is 37.1. The zero-order valence-corrected chi connectivity index (χ0v) is 43.6. The van der Waals surface area contributed by atoms with Gasteiger partial charge in [0, 0.05) is 19.3 Å². The number of hydrogen-bond donors (Lipinski definition) is 0. The molecule has 8 nitrogen and oxygen atoms in total. The number of unbranched alkanes of at least 4 members (excludes halogenated alkanes) is 25. The van der Waals surface area contributed by atoms with Gasteiger partial charge >= 0.3 is 11.9 Å². The normalized spacial score (nSPS) is 13.3. The molecule has 0 aromatic carbocycles. The number of allylic oxidation sites excluding steroid dienone is 10. The average molecular weight is 926 g/mol. The largest absolute Gasteiger partial charge is 0.544 e. The van der Waals surface area contributed by atoms with E-state index in [0.717, 1.165) is 77.0 Å². The van der Waals surface area contributed by atoms with Gasteiger partial charge in [-0.3, -0.25) is 9.59 Å². The van der Waals surface area contributed by atoms with Crippen molar-refractivity contribution in [1.82, 2.24) is 0 Å². The zero-order chi connectivity index (χ0) is 48.4. The Kier molecular flexibility index (Phi) is 46.3. The number of aliphatic carboxylic acids is 1. The Morgan fingerprint density at radius 1 is 0.470 bits per heavy atom. The average Bonchev–Trinajstić information content (AvgIpc) is 3.28. The monoisotopic (exact) mass is 926 g/mol. The van der Waals surface area contributed by atoms with Crippen LogP contribution >= 0.6 is 0 Å². The lowest BCUT2D eigenvalue weighted by Gasteiger charge is -2.34. The molecule has 0 fully saturated rings. The van der Waals surface area contributed by atoms with Gasteiger partial charge in [-0.1, -0.05) is 203 Å². The van der Waals surface area contributed by atoms with E-state index in [0.29, 0.717) is 12.8 Å². The van der Waals surface area contributed by atoms with Crippen molar-refractivity contribution in [2.24, 2.45) is 0 Å². The van der Waals surface area contributed by atoms with Crippen LogP contribution in [0.1, 0.15) is 239 Å². The Labute approximate surface area is 407 Å². The lowest BCUT2D eigenvalue weighted by Crippen LogP contribution is -2.55. The third kappa shape index (κ3) is 46.2. The van der Waals surface area contributed by atoms with Gasteiger partial charge in [-0.2, -0.15) is 0 Å². The highest BCUT2D eigenvalue weighted by molar-refractivity contribution is 5.70. The number of carbonyl (C=O) groups excluding carboxylic acids is 3. The van der Waals surface area contributed by atoms with Crippen molar-refractivity contribution >= 4 is 17.9 Å². The standard InChI is InChI=1S/C58H103NO7/c1-6-8-10-12-14-16-18-20-22-24-26-27-28-29-31-33-35-37-39-41-43-45-47-49-57(61)66-54(52-64-51-50-55(58(62)63)59(3,4)5)53-65-56(60)48-46-44-42-40-38-36-34-32-30-25-23-21-19-17-15-13-11-9-7-2/h9,11,15,17,21,23,26-27,29,31,54-55H,6-8,10,12-14,16,18-20,22,24-25,28,30,32-53H2,1-5H3/b11-9+,17-15+,23-21+,27-26+,31-29+. The van der Waals surface area contributed by atoms with E-state index in [1.807, 2.05) is 0 Å². The number of carboxylic acid groups (broad SMARTS) is 1. The number of hydrogen-bond acceptors (Lipinski definition) is 7. The van der Waals surface area contributed by atoms with Gasteiger partial charge < -0.3 is 28.6 Å². The minimum Gasteiger partial charge on any atom is -0.544 e. The van der Waals surface area contributed by atoms with Crippen molar-refractivity contribution in [3.8, 4) is 0 Å². The zero-order valence-electron chi connectivity index (χ0n) is 43.6. The van der Waals surface area contributed by atoms with Gasteiger partial charge in [0.25, 0.3) is 0 Å². The third-order valence-corrected chi connectivity index (χ3v) is 12.1. The molecule has 0 aliphatic carbocycles. The third-order valence-electron chi connectivity index (χ3n) is 12.1. The quantitative estimate of drug-likeness (QED) is 0.0259. The second kappa shape index (κ2) is 48.5. The Morgan fingerprint density at radius 2 is 0.848 bits per heavy atom. The molecule has 0 N–H and O–H groups in total. The van der Waals surface area contributed by atoms with Crippen molar-refractivity contribution in [2.45, 2.75) is 251 Å². The Bertz CT molecular complexity index is 1260. The summed E-state index contributed by atoms with van der Waals surface area (Å²) in [5.41, 5.74) is 0. The Hall–Kier alpha value is -2.97. The molecule has 0 aliphatic rings. The van der Waals surface area contributed by atoms with Crippen LogP contribution < -0.4 is 5.11 Å². The van der Waals surface area contributed by atoms with Crippen LogP contribution in [0.2, 0.25) is 0 Å². The minimum atomic E-state index is -1.13. The highest BCUT2D eigenvalue weighted by Gasteiger charge is 2.25. The lowest BCUT2D eigenvalue weighted by molar-refractivity contribution is -0.889. The van der Waals surface area contributed by atoms with Crippen LogP contribution in [0.4, 0.5) is 0 Å². The second-order valence-electron chi connectivity index (χ2n) is 19.4. The molecule has 0 heterocycles. The van der Waals surface area contributed by atoms with Crippen LogP contribution in [-0.2, 0) is 28.6 Å². The van der Waals surface area contributed by atoms with Crippen LogP contribution in [0.25, 0.3) is 0 Å². The molecule has 0 aromatic rings. The van der Waals surface area contributed by atoms with Gasteiger partial charge in [0.1, 0.15) is 12.6 Å². The molecule has 382 valence electrons. The summed E-state index contributed by atoms with van der Waals surface area (Å²) >= 11 is 0. The van der Waals surface area contributed by atoms with Gasteiger partial charge in [-0.05, 0) is 77.0 Å². The van der Waals surface area contributed by atoms with E-state index < -0.39 is 18.1 Å². The predicted octanol–water partition coefficient (Wildman–Crippen LogP) is 14.8. The van der Waals surface area contributed by atoms with E-state index in [1.165, 1.54) is 128 Å². The van der Waals surface area contributed by atoms with Crippen molar-refractivity contribution in [3.63, 3.8) is 0 Å². The number of ether oxygens (including phenoxy) is 3. The van der Waals surface area contributed by atoms with E-state index in [1.54, 1.807) is 21.1 Å². The number of rotatable bonds is 49. The first kappa shape index (κ1) is 63.0. The number of carboxylic acids is 1. The van der Waals surface area contributed by atoms with Gasteiger partial charge in [-0.15, -0.1) is 0 Å². The van der Waals surface area contributed by atoms with Gasteiger partial charge in [-0.25, -0.2) is 0 Å². The summed E-state index contributed by atoms with van der Waals surface area (Å²) in [6.07, 6.45) is 61.1. The fourth-order valence-corrected chi connectivity index (χ4v) is 7.94. The molecule has 2 atom stereocenters. The van der Waals surface area contributed by atoms with Gasteiger partial charge in [0.2, 0.25) is 0 Å². The van der Waals surface area contributed by atoms with Crippen LogP contribution in [0.15, 0.2) is 60.8 Å². The van der Waals surface area contributed by atoms with E-state index in [4.69, 9.17) is 14.2 Å². The highest BCUT2D eigenvalue weighted by Crippen LogP contribution is 2.15. The van der Waals surface area contributed by atoms with Crippen LogP contribution in [0.5, 0.6) is 0 Å². The molecule has 0 bridgehead atoms. The SMILES string of the molecule is CC/C=C/C/C=C/C/C=C/CCCCCCCCCCCC(=O)OCC(COCCC(C(=O)[O-])[N+](C)(C)C)OC(=O)CCCCCCCCC/C=C/C/C=C/CCCCCCCCCCC. The number of quaternary nitrogens is 1. The number of esters is 2. The topological polar surface area (TPSA) is 102 Å². The molecule has 0 radical (unpaired) electrons. The Balaban J connectivity index is 4.23. The molecular formula is C58H103NO7. The maximum absolute atomic E-state index is 12.8. The van der Waals surface area contributed by atoms with Crippen molar-refractivity contribution in [2.75, 3.05) is 41.0 Å². The maximum atomic E-state index is 12.8. The molecular weight excluding hydrogens is 823 g/mol. The van der Waals surface area contributed by atoms with E-state index in [2.05, 4.69) is 74.6 Å². The fourth-order valence-electron chi connectivity index (χ4n) is 7.94. The number of carbonyl (C=O) groups is 3. The highest BCUT2D eigenvalue weighted by atomic mass is 16.6. The first-order chi connectivity index (χ1) is 32.1. The molecule has 0 spiro atoms. The molecule has 0 saturated heterocycles. The summed E-state index contributed by atoms with van der Waals surface area (Å²) < 4.78 is 17.3. The number of likely N-dealkylation sites (N-methyl/N-ethyl adjacent to an activating group) is 1. The maximum Gasteiger partial charge on any atom is 0.306 e. The summed E-state index contributed by atoms with van der Waals surface area (Å²) in [6.45, 7) is 4.56. The first-order valence-corrected chi connectivity index (χ1v) is 27.3. The molecule has 0 amide bonds. The van der Waals surface area contributed by atoms with Crippen LogP contribution in [-0.4, -0.2) is 75.5 Å². The Morgan fingerprint density at radius 3 is 1.26 bits per heavy atom. The van der Waals surface area contributed by atoms with Crippen molar-refractivity contribution in [1.29, 1.82) is 0 Å². The molecule has 2 unspecified atom stereocenters. The van der Waals surface area contributed by atoms with Crippen molar-refractivity contribution < 1.29 is 38.2 Å². The van der Waals surface area contributed by atoms with Crippen LogP contribution in [0.3, 0.4) is 0 Å². The molecule has 0 rings (SSSR count). The summed E-state index contributed by atoms with van der Waals surface area (Å²) in [5, 5.41) is 11.7. The summed E-state index contributed by atoms with van der Waals surface area (Å²) in [7, 11) is 5.41. The first-order valence-electron chi connectivity index (χ1n) is 27.3. The predicted molar refractivity (Wildman–Crippen MR) is 277 cm³/mol. The van der Waals surface area contributed by atoms with Gasteiger partial charge in [0.05, 0.1) is 40.3 Å². The summed E-state index contributed by atoms with van der Waals surface area (Å²) in [5.74, 6) is -1.75. The van der Waals surface area contributed by atoms with E-state index in [9.17, 15) is 19.5 Å². The van der Waals surface area contributed by atoms with Gasteiger partial charge in [0.15, 0.2) is 6.10 Å². The smallest absolute Gasteiger partial charge is 0.306 e. The second-order valence-corrected chi connectivity index (χ2v) is 19.4.